The molecule has 2 N–H and O–H groups in total. The van der Waals surface area contributed by atoms with Gasteiger partial charge in [-0.25, -0.2) is 9.78 Å². The first kappa shape index (κ1) is 23.6. The maximum atomic E-state index is 12.5. The number of hydrogen-bond acceptors (Lipinski definition) is 6. The predicted octanol–water partition coefficient (Wildman–Crippen LogP) is 4.23. The molecular weight excluding hydrogens is 450 g/mol. The third kappa shape index (κ3) is 6.45. The molecule has 1 heterocycles. The molecule has 0 bridgehead atoms. The number of rotatable bonds is 8. The van der Waals surface area contributed by atoms with Gasteiger partial charge in [0.1, 0.15) is 0 Å². The Kier molecular flexibility index (Phi) is 8.08. The van der Waals surface area contributed by atoms with Gasteiger partial charge in [0.15, 0.2) is 5.16 Å². The van der Waals surface area contributed by atoms with Gasteiger partial charge in [-0.3, -0.25) is 9.59 Å². The second-order valence-electron chi connectivity index (χ2n) is 6.87. The molecule has 7 nitrogen and oxygen atoms in total. The molecule has 3 aromatic rings. The highest BCUT2D eigenvalue weighted by atomic mass is 35.5. The lowest BCUT2D eigenvalue weighted by atomic mass is 10.1. The van der Waals surface area contributed by atoms with Gasteiger partial charge in [-0.05, 0) is 55.8 Å². The number of amides is 1. The molecule has 0 unspecified atom stereocenters. The summed E-state index contributed by atoms with van der Waals surface area (Å²) in [5.41, 5.74) is 2.88. The lowest BCUT2D eigenvalue weighted by molar-refractivity contribution is -0.113. The van der Waals surface area contributed by atoms with E-state index >= 15 is 0 Å². The summed E-state index contributed by atoms with van der Waals surface area (Å²) >= 11 is 7.04. The van der Waals surface area contributed by atoms with Gasteiger partial charge in [0, 0.05) is 28.4 Å². The quantitative estimate of drug-likeness (QED) is 0.289. The number of benzene rings is 2. The Morgan fingerprint density at radius 3 is 2.44 bits per heavy atom. The molecule has 1 aromatic heterocycles. The molecule has 0 atom stereocenters. The Morgan fingerprint density at radius 2 is 1.81 bits per heavy atom. The summed E-state index contributed by atoms with van der Waals surface area (Å²) in [6.07, 6.45) is 0.443. The van der Waals surface area contributed by atoms with Gasteiger partial charge in [-0.2, -0.15) is 0 Å². The van der Waals surface area contributed by atoms with E-state index in [1.165, 1.54) is 0 Å². The number of nitrogens with one attached hydrogen (secondary N) is 2. The van der Waals surface area contributed by atoms with Crippen molar-refractivity contribution in [3.05, 3.63) is 86.3 Å². The largest absolute Gasteiger partial charge is 0.462 e. The molecule has 0 aliphatic heterocycles. The summed E-state index contributed by atoms with van der Waals surface area (Å²) in [6.45, 7) is 3.81. The Balaban J connectivity index is 1.58. The first-order valence-corrected chi connectivity index (χ1v) is 11.3. The highest BCUT2D eigenvalue weighted by Crippen LogP contribution is 2.17. The molecule has 166 valence electrons. The molecule has 0 radical (unpaired) electrons. The molecule has 0 saturated carbocycles. The minimum absolute atomic E-state index is 0.0680. The Labute approximate surface area is 194 Å². The van der Waals surface area contributed by atoms with Crippen molar-refractivity contribution in [2.75, 3.05) is 17.7 Å². The molecule has 0 fully saturated rings. The zero-order valence-corrected chi connectivity index (χ0v) is 19.2. The topological polar surface area (TPSA) is 101 Å². The van der Waals surface area contributed by atoms with E-state index in [1.807, 2.05) is 12.1 Å². The number of esters is 1. The van der Waals surface area contributed by atoms with E-state index in [0.29, 0.717) is 45.7 Å². The van der Waals surface area contributed by atoms with E-state index in [1.54, 1.807) is 50.2 Å². The number of H-pyrrole nitrogens is 1. The highest BCUT2D eigenvalue weighted by molar-refractivity contribution is 7.99. The lowest BCUT2D eigenvalue weighted by Gasteiger charge is -2.08. The second kappa shape index (κ2) is 11.0. The van der Waals surface area contributed by atoms with Crippen molar-refractivity contribution in [3.63, 3.8) is 0 Å². The zero-order chi connectivity index (χ0) is 23.1. The van der Waals surface area contributed by atoms with Gasteiger partial charge in [0.05, 0.1) is 17.9 Å². The molecule has 2 aromatic carbocycles. The van der Waals surface area contributed by atoms with Crippen molar-refractivity contribution in [1.82, 2.24) is 9.97 Å². The van der Waals surface area contributed by atoms with Crippen LogP contribution in [-0.4, -0.2) is 34.2 Å². The van der Waals surface area contributed by atoms with E-state index < -0.39 is 5.97 Å². The van der Waals surface area contributed by atoms with Crippen LogP contribution in [-0.2, 0) is 16.0 Å². The molecule has 1 amide bonds. The van der Waals surface area contributed by atoms with Crippen molar-refractivity contribution >= 4 is 40.9 Å². The molecule has 0 aliphatic carbocycles. The van der Waals surface area contributed by atoms with Crippen LogP contribution in [0, 0.1) is 6.92 Å². The Morgan fingerprint density at radius 1 is 1.12 bits per heavy atom. The van der Waals surface area contributed by atoms with Gasteiger partial charge in [0.25, 0.3) is 5.56 Å². The van der Waals surface area contributed by atoms with Crippen molar-refractivity contribution in [2.45, 2.75) is 25.4 Å². The summed E-state index contributed by atoms with van der Waals surface area (Å²) in [5.74, 6) is -0.603. The van der Waals surface area contributed by atoms with Crippen molar-refractivity contribution in [1.29, 1.82) is 0 Å². The minimum Gasteiger partial charge on any atom is -0.462 e. The van der Waals surface area contributed by atoms with E-state index in [4.69, 9.17) is 16.3 Å². The van der Waals surface area contributed by atoms with Crippen molar-refractivity contribution < 1.29 is 14.3 Å². The minimum atomic E-state index is -0.411. The number of ether oxygens (including phenoxy) is 1. The number of carbonyl (C=O) groups is 2. The summed E-state index contributed by atoms with van der Waals surface area (Å²) in [6, 6.07) is 13.7. The number of halogens is 1. The van der Waals surface area contributed by atoms with Gasteiger partial charge in [-0.15, -0.1) is 0 Å². The summed E-state index contributed by atoms with van der Waals surface area (Å²) < 4.78 is 4.93. The van der Waals surface area contributed by atoms with Gasteiger partial charge in [-0.1, -0.05) is 35.5 Å². The molecule has 0 saturated heterocycles. The fourth-order valence-corrected chi connectivity index (χ4v) is 3.73. The van der Waals surface area contributed by atoms with Gasteiger partial charge >= 0.3 is 5.97 Å². The second-order valence-corrected chi connectivity index (χ2v) is 8.27. The molecule has 0 aliphatic rings. The number of thioether (sulfide) groups is 1. The lowest BCUT2D eigenvalue weighted by Crippen LogP contribution is -2.19. The maximum absolute atomic E-state index is 12.5. The number of aromatic nitrogens is 2. The van der Waals surface area contributed by atoms with Crippen LogP contribution >= 0.6 is 23.4 Å². The van der Waals surface area contributed by atoms with E-state index in [9.17, 15) is 14.4 Å². The van der Waals surface area contributed by atoms with E-state index in [-0.39, 0.29) is 17.2 Å². The maximum Gasteiger partial charge on any atom is 0.338 e. The fraction of sp³-hybridized carbons (Fsp3) is 0.217. The number of anilines is 1. The van der Waals surface area contributed by atoms with Gasteiger partial charge < -0.3 is 15.0 Å². The van der Waals surface area contributed by atoms with Gasteiger partial charge in [0.2, 0.25) is 5.91 Å². The molecule has 32 heavy (non-hydrogen) atoms. The van der Waals surface area contributed by atoms with Crippen molar-refractivity contribution in [3.8, 4) is 0 Å². The smallest absolute Gasteiger partial charge is 0.338 e. The van der Waals surface area contributed by atoms with Crippen LogP contribution in [0.4, 0.5) is 5.69 Å². The summed E-state index contributed by atoms with van der Waals surface area (Å²) in [7, 11) is 0. The SMILES string of the molecule is CCOC(=O)c1ccc(NC(=O)CSc2nc(C)c(Cc3ccc(Cl)cc3)c(=O)[nH]2)cc1. The molecule has 3 rings (SSSR count). The Hall–Kier alpha value is -3.10. The van der Waals surface area contributed by atoms with Crippen LogP contribution < -0.4 is 10.9 Å². The van der Waals surface area contributed by atoms with Crippen LogP contribution in [0.1, 0.15) is 34.1 Å². The summed E-state index contributed by atoms with van der Waals surface area (Å²) in [5, 5.41) is 3.76. The number of carbonyl (C=O) groups excluding carboxylic acids is 2. The average Bonchev–Trinajstić information content (AvgIpc) is 2.77. The van der Waals surface area contributed by atoms with E-state index in [0.717, 1.165) is 17.3 Å². The number of aryl methyl sites for hydroxylation is 1. The number of nitrogens with zero attached hydrogens (tertiary/aromatic N) is 1. The number of aromatic amines is 1. The van der Waals surface area contributed by atoms with Crippen molar-refractivity contribution in [2.24, 2.45) is 0 Å². The monoisotopic (exact) mass is 471 g/mol. The first-order chi connectivity index (χ1) is 15.4. The van der Waals surface area contributed by atoms with E-state index in [2.05, 4.69) is 15.3 Å². The van der Waals surface area contributed by atoms with Crippen LogP contribution in [0.5, 0.6) is 0 Å². The third-order valence-corrected chi connectivity index (χ3v) is 5.64. The average molecular weight is 472 g/mol. The fourth-order valence-electron chi connectivity index (χ4n) is 2.90. The highest BCUT2D eigenvalue weighted by Gasteiger charge is 2.12. The Bertz CT molecular complexity index is 1160. The van der Waals surface area contributed by atoms with Crippen LogP contribution in [0.3, 0.4) is 0 Å². The molecule has 9 heteroatoms. The first-order valence-electron chi connectivity index (χ1n) is 9.89. The third-order valence-electron chi connectivity index (χ3n) is 4.51. The standard InChI is InChI=1S/C23H22ClN3O4S/c1-3-31-22(30)16-6-10-18(11-7-16)26-20(28)13-32-23-25-14(2)19(21(29)27-23)12-15-4-8-17(24)9-5-15/h4-11H,3,12-13H2,1-2H3,(H,26,28)(H,25,27,29). The normalized spacial score (nSPS) is 10.6. The van der Waals surface area contributed by atoms with Crippen LogP contribution in [0.2, 0.25) is 5.02 Å². The number of hydrogen-bond donors (Lipinski definition) is 2. The zero-order valence-electron chi connectivity index (χ0n) is 17.6. The summed E-state index contributed by atoms with van der Waals surface area (Å²) in [4.78, 5) is 43.6. The van der Waals surface area contributed by atoms with Crippen LogP contribution in [0.25, 0.3) is 0 Å². The predicted molar refractivity (Wildman–Crippen MR) is 126 cm³/mol. The molecular formula is C23H22ClN3O4S. The van der Waals surface area contributed by atoms with Crippen LogP contribution in [0.15, 0.2) is 58.5 Å². The molecule has 0 spiro atoms.